The van der Waals surface area contributed by atoms with Crippen molar-refractivity contribution in [2.24, 2.45) is 0 Å². The van der Waals surface area contributed by atoms with Crippen molar-refractivity contribution in [3.63, 3.8) is 0 Å². The van der Waals surface area contributed by atoms with Gasteiger partial charge < -0.3 is 15.0 Å². The highest BCUT2D eigenvalue weighted by Crippen LogP contribution is 2.15. The van der Waals surface area contributed by atoms with Crippen LogP contribution in [0, 0.1) is 6.92 Å². The number of aryl methyl sites for hydroxylation is 2. The number of nitrogens with zero attached hydrogens (tertiary/aromatic N) is 3. The molecule has 0 bridgehead atoms. The van der Waals surface area contributed by atoms with Crippen molar-refractivity contribution in [1.29, 1.82) is 0 Å². The number of carbonyl (C=O) groups excluding carboxylic acids is 2. The second-order valence-corrected chi connectivity index (χ2v) is 8.17. The largest absolute Gasteiger partial charge is 0.376 e. The van der Waals surface area contributed by atoms with E-state index in [0.717, 1.165) is 38.0 Å². The molecular weight excluding hydrogens is 392 g/mol. The second kappa shape index (κ2) is 11.6. The molecule has 0 aliphatic carbocycles. The summed E-state index contributed by atoms with van der Waals surface area (Å²) in [5, 5.41) is 3.05. The Balaban J connectivity index is 1.51. The number of nitrogens with one attached hydrogen (secondary N) is 1. The zero-order valence-electron chi connectivity index (χ0n) is 18.4. The summed E-state index contributed by atoms with van der Waals surface area (Å²) in [5.74, 6) is -0.270. The van der Waals surface area contributed by atoms with Crippen LogP contribution in [0.1, 0.15) is 54.4 Å². The molecule has 0 radical (unpaired) electrons. The van der Waals surface area contributed by atoms with Crippen molar-refractivity contribution < 1.29 is 14.3 Å². The van der Waals surface area contributed by atoms with Crippen LogP contribution >= 0.6 is 0 Å². The van der Waals surface area contributed by atoms with Crippen LogP contribution in [0.2, 0.25) is 0 Å². The predicted molar refractivity (Wildman–Crippen MR) is 119 cm³/mol. The zero-order chi connectivity index (χ0) is 22.1. The lowest BCUT2D eigenvalue weighted by Crippen LogP contribution is -2.41. The lowest BCUT2D eigenvalue weighted by atomic mass is 10.1. The van der Waals surface area contributed by atoms with Crippen molar-refractivity contribution in [2.45, 2.75) is 58.1 Å². The standard InChI is InChI=1S/C24H32N4O3/c1-18(10-11-20-7-4-3-5-8-20)27-23(29)12-13-28(17-21-9-6-14-31-21)24(30)22-16-25-19(2)15-26-22/h3-5,7-8,15-16,18,21H,6,9-14,17H2,1-2H3,(H,27,29). The highest BCUT2D eigenvalue weighted by Gasteiger charge is 2.25. The van der Waals surface area contributed by atoms with Crippen LogP contribution in [0.15, 0.2) is 42.7 Å². The third-order valence-corrected chi connectivity index (χ3v) is 5.46. The van der Waals surface area contributed by atoms with Crippen LogP contribution in [0.25, 0.3) is 0 Å². The first kappa shape index (κ1) is 22.9. The Morgan fingerprint density at radius 3 is 2.71 bits per heavy atom. The van der Waals surface area contributed by atoms with Gasteiger partial charge in [0.2, 0.25) is 5.91 Å². The first-order chi connectivity index (χ1) is 15.0. The Morgan fingerprint density at radius 1 is 1.23 bits per heavy atom. The molecule has 3 rings (SSSR count). The van der Waals surface area contributed by atoms with Gasteiger partial charge in [-0.25, -0.2) is 4.98 Å². The fourth-order valence-electron chi connectivity index (χ4n) is 3.66. The van der Waals surface area contributed by atoms with E-state index in [2.05, 4.69) is 27.4 Å². The molecule has 0 saturated carbocycles. The van der Waals surface area contributed by atoms with Crippen LogP contribution in [0.3, 0.4) is 0 Å². The molecule has 2 amide bonds. The molecule has 2 heterocycles. The van der Waals surface area contributed by atoms with E-state index in [1.807, 2.05) is 32.0 Å². The van der Waals surface area contributed by atoms with Crippen LogP contribution in [-0.4, -0.2) is 58.5 Å². The maximum absolute atomic E-state index is 13.0. The van der Waals surface area contributed by atoms with Gasteiger partial charge in [0.1, 0.15) is 5.69 Å². The average molecular weight is 425 g/mol. The Hall–Kier alpha value is -2.80. The van der Waals surface area contributed by atoms with E-state index in [4.69, 9.17) is 4.74 Å². The van der Waals surface area contributed by atoms with E-state index >= 15 is 0 Å². The minimum Gasteiger partial charge on any atom is -0.376 e. The minimum atomic E-state index is -0.215. The smallest absolute Gasteiger partial charge is 0.274 e. The highest BCUT2D eigenvalue weighted by atomic mass is 16.5. The van der Waals surface area contributed by atoms with Crippen LogP contribution in [0.4, 0.5) is 0 Å². The molecule has 1 aromatic heterocycles. The number of hydrogen-bond acceptors (Lipinski definition) is 5. The SMILES string of the molecule is Cc1cnc(C(=O)N(CCC(=O)NC(C)CCc2ccccc2)CC2CCCO2)cn1. The molecule has 1 aliphatic heterocycles. The normalized spacial score (nSPS) is 16.6. The van der Waals surface area contributed by atoms with Gasteiger partial charge in [0.05, 0.1) is 18.0 Å². The van der Waals surface area contributed by atoms with E-state index in [9.17, 15) is 9.59 Å². The first-order valence-corrected chi connectivity index (χ1v) is 11.0. The van der Waals surface area contributed by atoms with Gasteiger partial charge in [0, 0.05) is 38.4 Å². The fourth-order valence-corrected chi connectivity index (χ4v) is 3.66. The number of rotatable bonds is 10. The molecule has 1 aliphatic rings. The molecule has 1 aromatic carbocycles. The molecule has 1 N–H and O–H groups in total. The Bertz CT molecular complexity index is 836. The number of carbonyl (C=O) groups is 2. The predicted octanol–water partition coefficient (Wildman–Crippen LogP) is 2.93. The molecular formula is C24H32N4O3. The number of hydrogen-bond donors (Lipinski definition) is 1. The Labute approximate surface area is 184 Å². The summed E-state index contributed by atoms with van der Waals surface area (Å²) in [4.78, 5) is 35.5. The summed E-state index contributed by atoms with van der Waals surface area (Å²) in [6, 6.07) is 10.3. The lowest BCUT2D eigenvalue weighted by Gasteiger charge is -2.25. The van der Waals surface area contributed by atoms with E-state index < -0.39 is 0 Å². The minimum absolute atomic E-state index is 0.00946. The third kappa shape index (κ3) is 7.43. The summed E-state index contributed by atoms with van der Waals surface area (Å²) in [6.07, 6.45) is 7.03. The topological polar surface area (TPSA) is 84.4 Å². The maximum Gasteiger partial charge on any atom is 0.274 e. The molecule has 7 nitrogen and oxygen atoms in total. The van der Waals surface area contributed by atoms with Crippen molar-refractivity contribution in [1.82, 2.24) is 20.2 Å². The van der Waals surface area contributed by atoms with Gasteiger partial charge >= 0.3 is 0 Å². The molecule has 2 aromatic rings. The van der Waals surface area contributed by atoms with Gasteiger partial charge in [-0.15, -0.1) is 0 Å². The third-order valence-electron chi connectivity index (χ3n) is 5.46. The van der Waals surface area contributed by atoms with Crippen LogP contribution in [0.5, 0.6) is 0 Å². The number of benzene rings is 1. The molecule has 1 saturated heterocycles. The van der Waals surface area contributed by atoms with Crippen LogP contribution in [-0.2, 0) is 16.0 Å². The maximum atomic E-state index is 13.0. The van der Waals surface area contributed by atoms with Gasteiger partial charge in [0.25, 0.3) is 5.91 Å². The van der Waals surface area contributed by atoms with E-state index in [1.54, 1.807) is 11.1 Å². The van der Waals surface area contributed by atoms with Gasteiger partial charge in [-0.05, 0) is 45.1 Å². The molecule has 7 heteroatoms. The monoisotopic (exact) mass is 424 g/mol. The van der Waals surface area contributed by atoms with Crippen molar-refractivity contribution in [2.75, 3.05) is 19.7 Å². The van der Waals surface area contributed by atoms with Crippen molar-refractivity contribution in [3.05, 3.63) is 59.7 Å². The fraction of sp³-hybridized carbons (Fsp3) is 0.500. The summed E-state index contributed by atoms with van der Waals surface area (Å²) in [5.41, 5.74) is 2.31. The van der Waals surface area contributed by atoms with Crippen LogP contribution < -0.4 is 5.32 Å². The Morgan fingerprint density at radius 2 is 2.03 bits per heavy atom. The van der Waals surface area contributed by atoms with Crippen molar-refractivity contribution >= 4 is 11.8 Å². The number of amides is 2. The quantitative estimate of drug-likeness (QED) is 0.634. The molecule has 2 unspecified atom stereocenters. The molecule has 1 fully saturated rings. The summed E-state index contributed by atoms with van der Waals surface area (Å²) in [6.45, 7) is 5.35. The molecule has 0 spiro atoms. The average Bonchev–Trinajstić information content (AvgIpc) is 3.29. The van der Waals surface area contributed by atoms with Gasteiger partial charge in [-0.1, -0.05) is 30.3 Å². The molecule has 166 valence electrons. The summed E-state index contributed by atoms with van der Waals surface area (Å²) in [7, 11) is 0. The summed E-state index contributed by atoms with van der Waals surface area (Å²) < 4.78 is 5.70. The lowest BCUT2D eigenvalue weighted by molar-refractivity contribution is -0.122. The van der Waals surface area contributed by atoms with Crippen molar-refractivity contribution in [3.8, 4) is 0 Å². The van der Waals surface area contributed by atoms with Gasteiger partial charge in [-0.3, -0.25) is 14.6 Å². The highest BCUT2D eigenvalue weighted by molar-refractivity contribution is 5.92. The zero-order valence-corrected chi connectivity index (χ0v) is 18.4. The molecule has 31 heavy (non-hydrogen) atoms. The Kier molecular flexibility index (Phi) is 8.53. The second-order valence-electron chi connectivity index (χ2n) is 8.17. The first-order valence-electron chi connectivity index (χ1n) is 11.0. The van der Waals surface area contributed by atoms with E-state index in [1.165, 1.54) is 11.8 Å². The van der Waals surface area contributed by atoms with Gasteiger partial charge in [0.15, 0.2) is 0 Å². The van der Waals surface area contributed by atoms with E-state index in [-0.39, 0.29) is 30.4 Å². The van der Waals surface area contributed by atoms with E-state index in [0.29, 0.717) is 18.8 Å². The molecule has 2 atom stereocenters. The number of aromatic nitrogens is 2. The van der Waals surface area contributed by atoms with Gasteiger partial charge in [-0.2, -0.15) is 0 Å². The summed E-state index contributed by atoms with van der Waals surface area (Å²) >= 11 is 0. The number of ether oxygens (including phenoxy) is 1.